The molecule has 24 heavy (non-hydrogen) atoms. The van der Waals surface area contributed by atoms with Gasteiger partial charge in [0.05, 0.1) is 6.20 Å². The van der Waals surface area contributed by atoms with Crippen molar-refractivity contribution in [3.63, 3.8) is 0 Å². The zero-order valence-electron chi connectivity index (χ0n) is 14.4. The summed E-state index contributed by atoms with van der Waals surface area (Å²) >= 11 is 5.96. The summed E-state index contributed by atoms with van der Waals surface area (Å²) < 4.78 is 0. The second-order valence-corrected chi connectivity index (χ2v) is 6.31. The van der Waals surface area contributed by atoms with Crippen LogP contribution in [0.2, 0.25) is 5.02 Å². The lowest BCUT2D eigenvalue weighted by molar-refractivity contribution is -0.116. The molecule has 0 saturated carbocycles. The number of rotatable bonds is 6. The number of nitrogens with zero attached hydrogens (tertiary/aromatic N) is 4. The molecule has 1 aromatic heterocycles. The number of nitrogens with one attached hydrogen (secondary N) is 1. The molecule has 1 amide bonds. The van der Waals surface area contributed by atoms with Crippen molar-refractivity contribution in [1.82, 2.24) is 9.97 Å². The molecule has 2 aromatic rings. The van der Waals surface area contributed by atoms with E-state index in [-0.39, 0.29) is 5.91 Å². The number of hydrogen-bond acceptors (Lipinski definition) is 5. The molecule has 0 radical (unpaired) electrons. The van der Waals surface area contributed by atoms with E-state index in [0.29, 0.717) is 35.3 Å². The number of anilines is 3. The van der Waals surface area contributed by atoms with Crippen LogP contribution in [0.3, 0.4) is 0 Å². The van der Waals surface area contributed by atoms with Gasteiger partial charge in [-0.25, -0.2) is 4.98 Å². The fourth-order valence-corrected chi connectivity index (χ4v) is 2.38. The molecule has 0 aliphatic heterocycles. The van der Waals surface area contributed by atoms with Gasteiger partial charge in [0.2, 0.25) is 11.9 Å². The van der Waals surface area contributed by atoms with E-state index in [2.05, 4.69) is 15.3 Å². The minimum atomic E-state index is -0.0840. The number of carbonyl (C=O) groups excluding carboxylic acids is 1. The Morgan fingerprint density at radius 2 is 1.96 bits per heavy atom. The Morgan fingerprint density at radius 1 is 1.21 bits per heavy atom. The van der Waals surface area contributed by atoms with Gasteiger partial charge >= 0.3 is 0 Å². The molecule has 128 valence electrons. The van der Waals surface area contributed by atoms with E-state index in [1.807, 2.05) is 62.3 Å². The summed E-state index contributed by atoms with van der Waals surface area (Å²) in [5, 5.41) is 3.56. The predicted molar refractivity (Wildman–Crippen MR) is 99.1 cm³/mol. The zero-order valence-corrected chi connectivity index (χ0v) is 15.1. The van der Waals surface area contributed by atoms with Crippen molar-refractivity contribution in [1.29, 1.82) is 0 Å². The van der Waals surface area contributed by atoms with Crippen LogP contribution in [0.25, 0.3) is 0 Å². The number of aromatic nitrogens is 2. The maximum Gasteiger partial charge on any atom is 0.226 e. The number of halogens is 1. The highest BCUT2D eigenvalue weighted by atomic mass is 35.5. The molecule has 0 bridgehead atoms. The second-order valence-electron chi connectivity index (χ2n) is 5.87. The van der Waals surface area contributed by atoms with Gasteiger partial charge in [-0.1, -0.05) is 23.7 Å². The van der Waals surface area contributed by atoms with Crippen LogP contribution in [0.4, 0.5) is 17.5 Å². The van der Waals surface area contributed by atoms with Gasteiger partial charge in [-0.2, -0.15) is 4.98 Å². The van der Waals surface area contributed by atoms with Crippen molar-refractivity contribution in [3.05, 3.63) is 41.0 Å². The smallest absolute Gasteiger partial charge is 0.226 e. The third-order valence-corrected chi connectivity index (χ3v) is 3.62. The van der Waals surface area contributed by atoms with Crippen LogP contribution in [-0.2, 0) is 11.2 Å². The Kier molecular flexibility index (Phi) is 5.98. The predicted octanol–water partition coefficient (Wildman–Crippen LogP) is 2.83. The van der Waals surface area contributed by atoms with E-state index in [1.165, 1.54) is 0 Å². The van der Waals surface area contributed by atoms with Gasteiger partial charge in [-0.05, 0) is 24.1 Å². The molecule has 0 aliphatic carbocycles. The molecule has 0 fully saturated rings. The Balaban J connectivity index is 2.05. The van der Waals surface area contributed by atoms with Gasteiger partial charge in [0.15, 0.2) is 5.82 Å². The molecular formula is C17H22ClN5O. The van der Waals surface area contributed by atoms with Crippen molar-refractivity contribution >= 4 is 35.0 Å². The minimum Gasteiger partial charge on any atom is -0.361 e. The Labute approximate surface area is 147 Å². The Hall–Kier alpha value is -2.34. The van der Waals surface area contributed by atoms with Crippen LogP contribution < -0.4 is 15.1 Å². The summed E-state index contributed by atoms with van der Waals surface area (Å²) in [6.07, 6.45) is 2.62. The lowest BCUT2D eigenvalue weighted by Crippen LogP contribution is -2.21. The van der Waals surface area contributed by atoms with Crippen molar-refractivity contribution in [2.45, 2.75) is 12.8 Å². The molecular weight excluding hydrogens is 326 g/mol. The number of amides is 1. The lowest BCUT2D eigenvalue weighted by atomic mass is 10.1. The van der Waals surface area contributed by atoms with E-state index in [0.717, 1.165) is 5.56 Å². The van der Waals surface area contributed by atoms with Gasteiger partial charge in [-0.15, -0.1) is 0 Å². The first-order chi connectivity index (χ1) is 11.4. The molecule has 1 aromatic carbocycles. The SMILES string of the molecule is CN(C)c1ncc(NC(=O)CCc2cccc(Cl)c2)c(N(C)C)n1. The molecule has 6 nitrogen and oxygen atoms in total. The van der Waals surface area contributed by atoms with Crippen LogP contribution in [0.15, 0.2) is 30.5 Å². The third kappa shape index (κ3) is 4.83. The highest BCUT2D eigenvalue weighted by Crippen LogP contribution is 2.23. The fraction of sp³-hybridized carbons (Fsp3) is 0.353. The lowest BCUT2D eigenvalue weighted by Gasteiger charge is -2.19. The topological polar surface area (TPSA) is 61.4 Å². The summed E-state index contributed by atoms with van der Waals surface area (Å²) in [7, 11) is 7.50. The standard InChI is InChI=1S/C17H22ClN5O/c1-22(2)16-14(11-19-17(21-16)23(3)4)20-15(24)9-8-12-6-5-7-13(18)10-12/h5-7,10-11H,8-9H2,1-4H3,(H,20,24). The molecule has 0 spiro atoms. The summed E-state index contributed by atoms with van der Waals surface area (Å²) in [6, 6.07) is 7.53. The molecule has 1 heterocycles. The summed E-state index contributed by atoms with van der Waals surface area (Å²) in [5.41, 5.74) is 1.63. The van der Waals surface area contributed by atoms with Crippen LogP contribution in [0, 0.1) is 0 Å². The fourth-order valence-electron chi connectivity index (χ4n) is 2.17. The van der Waals surface area contributed by atoms with Crippen molar-refractivity contribution in [3.8, 4) is 0 Å². The zero-order chi connectivity index (χ0) is 17.7. The van der Waals surface area contributed by atoms with Crippen LogP contribution >= 0.6 is 11.6 Å². The number of hydrogen-bond donors (Lipinski definition) is 1. The number of benzene rings is 1. The van der Waals surface area contributed by atoms with E-state index < -0.39 is 0 Å². The summed E-state index contributed by atoms with van der Waals surface area (Å²) in [4.78, 5) is 24.6. The van der Waals surface area contributed by atoms with Crippen LogP contribution in [0.1, 0.15) is 12.0 Å². The van der Waals surface area contributed by atoms with Gasteiger partial charge in [0.1, 0.15) is 5.69 Å². The maximum atomic E-state index is 12.2. The molecule has 7 heteroatoms. The van der Waals surface area contributed by atoms with Gasteiger partial charge in [-0.3, -0.25) is 4.79 Å². The average molecular weight is 348 g/mol. The average Bonchev–Trinajstić information content (AvgIpc) is 2.53. The first-order valence-electron chi connectivity index (χ1n) is 7.63. The first kappa shape index (κ1) is 18.0. The summed E-state index contributed by atoms with van der Waals surface area (Å²) in [6.45, 7) is 0. The minimum absolute atomic E-state index is 0.0840. The number of carbonyl (C=O) groups is 1. The van der Waals surface area contributed by atoms with Crippen molar-refractivity contribution in [2.24, 2.45) is 0 Å². The second kappa shape index (κ2) is 7.97. The normalized spacial score (nSPS) is 10.4. The molecule has 0 saturated heterocycles. The van der Waals surface area contributed by atoms with E-state index in [1.54, 1.807) is 6.20 Å². The first-order valence-corrected chi connectivity index (χ1v) is 8.00. The molecule has 2 rings (SSSR count). The monoisotopic (exact) mass is 347 g/mol. The van der Waals surface area contributed by atoms with E-state index in [4.69, 9.17) is 11.6 Å². The van der Waals surface area contributed by atoms with Crippen LogP contribution in [0.5, 0.6) is 0 Å². The van der Waals surface area contributed by atoms with Crippen LogP contribution in [-0.4, -0.2) is 44.1 Å². The van der Waals surface area contributed by atoms with Gasteiger partial charge in [0, 0.05) is 39.6 Å². The van der Waals surface area contributed by atoms with Crippen molar-refractivity contribution < 1.29 is 4.79 Å². The third-order valence-electron chi connectivity index (χ3n) is 3.38. The quantitative estimate of drug-likeness (QED) is 0.870. The highest BCUT2D eigenvalue weighted by Gasteiger charge is 2.13. The van der Waals surface area contributed by atoms with Gasteiger partial charge in [0.25, 0.3) is 0 Å². The highest BCUT2D eigenvalue weighted by molar-refractivity contribution is 6.30. The maximum absolute atomic E-state index is 12.2. The molecule has 0 unspecified atom stereocenters. The van der Waals surface area contributed by atoms with Gasteiger partial charge < -0.3 is 15.1 Å². The number of aryl methyl sites for hydroxylation is 1. The molecule has 0 aliphatic rings. The largest absolute Gasteiger partial charge is 0.361 e. The Bertz CT molecular complexity index is 718. The summed E-state index contributed by atoms with van der Waals surface area (Å²) in [5.74, 6) is 1.18. The van der Waals surface area contributed by atoms with Crippen molar-refractivity contribution in [2.75, 3.05) is 43.3 Å². The Morgan fingerprint density at radius 3 is 2.58 bits per heavy atom. The van der Waals surface area contributed by atoms with E-state index in [9.17, 15) is 4.79 Å². The molecule has 0 atom stereocenters. The molecule has 1 N–H and O–H groups in total. The van der Waals surface area contributed by atoms with E-state index >= 15 is 0 Å².